The van der Waals surface area contributed by atoms with Crippen LogP contribution in [0.25, 0.3) is 0 Å². The minimum atomic E-state index is -0.878. The number of aromatic nitrogens is 2. The summed E-state index contributed by atoms with van der Waals surface area (Å²) >= 11 is 0. The average molecular weight is 368 g/mol. The number of rotatable bonds is 6. The van der Waals surface area contributed by atoms with Crippen molar-refractivity contribution in [1.82, 2.24) is 9.97 Å². The van der Waals surface area contributed by atoms with Crippen LogP contribution in [0.5, 0.6) is 0 Å². The summed E-state index contributed by atoms with van der Waals surface area (Å²) in [5.41, 5.74) is 3.02. The van der Waals surface area contributed by atoms with E-state index in [-0.39, 0.29) is 12.2 Å². The summed E-state index contributed by atoms with van der Waals surface area (Å²) < 4.78 is 26.2. The lowest BCUT2D eigenvalue weighted by Crippen LogP contribution is -2.08. The number of nitrogens with zero attached hydrogens (tertiary/aromatic N) is 2. The van der Waals surface area contributed by atoms with E-state index in [4.69, 9.17) is 0 Å². The molecule has 0 bridgehead atoms. The van der Waals surface area contributed by atoms with Gasteiger partial charge in [0.1, 0.15) is 5.69 Å². The summed E-state index contributed by atoms with van der Waals surface area (Å²) in [6.45, 7) is 1.63. The molecule has 0 spiro atoms. The molecule has 2 aromatic heterocycles. The second-order valence-corrected chi connectivity index (χ2v) is 6.34. The maximum Gasteiger partial charge on any atom is 0.187 e. The molecule has 1 aromatic carbocycles. The summed E-state index contributed by atoms with van der Waals surface area (Å²) in [5.74, 6) is -1.93. The highest BCUT2D eigenvalue weighted by Crippen LogP contribution is 2.14. The van der Waals surface area contributed by atoms with Crippen LogP contribution in [0.2, 0.25) is 0 Å². The first kappa shape index (κ1) is 18.8. The Labute approximate surface area is 155 Å². The average Bonchev–Trinajstić information content (AvgIpc) is 2.66. The van der Waals surface area contributed by atoms with Gasteiger partial charge in [-0.15, -0.1) is 0 Å². The van der Waals surface area contributed by atoms with Gasteiger partial charge >= 0.3 is 0 Å². The molecule has 0 aliphatic rings. The lowest BCUT2D eigenvalue weighted by Gasteiger charge is -2.06. The van der Waals surface area contributed by atoms with Gasteiger partial charge in [0.2, 0.25) is 0 Å². The Balaban J connectivity index is 1.64. The van der Waals surface area contributed by atoms with Crippen molar-refractivity contribution in [1.29, 1.82) is 0 Å². The highest BCUT2D eigenvalue weighted by molar-refractivity contribution is 5.95. The molecule has 3 rings (SSSR count). The number of benzene rings is 1. The number of hydrogen-bond donors (Lipinski definition) is 1. The van der Waals surface area contributed by atoms with Crippen molar-refractivity contribution in [3.63, 3.8) is 0 Å². The van der Waals surface area contributed by atoms with E-state index >= 15 is 0 Å². The zero-order valence-corrected chi connectivity index (χ0v) is 14.7. The Morgan fingerprint density at radius 1 is 1.00 bits per heavy atom. The number of aliphatic hydroxyl groups is 1. The molecule has 0 radical (unpaired) electrons. The Morgan fingerprint density at radius 2 is 1.78 bits per heavy atom. The lowest BCUT2D eigenvalue weighted by atomic mass is 10.0. The number of aliphatic hydroxyl groups excluding tert-OH is 1. The fraction of sp³-hybridized carbons (Fsp3) is 0.190. The minimum absolute atomic E-state index is 0.104. The monoisotopic (exact) mass is 368 g/mol. The predicted molar refractivity (Wildman–Crippen MR) is 96.3 cm³/mol. The molecule has 2 heterocycles. The number of carbonyl (C=O) groups excluding carboxylic acids is 1. The van der Waals surface area contributed by atoms with Gasteiger partial charge in [0.25, 0.3) is 0 Å². The fourth-order valence-corrected chi connectivity index (χ4v) is 2.62. The van der Waals surface area contributed by atoms with Crippen molar-refractivity contribution in [3.8, 4) is 0 Å². The standard InChI is InChI=1S/C21H18F2N2O2/c1-13(26)16-4-7-20(25-12-16)21(27)10-17-5-2-15(11-24-17)8-14-3-6-18(22)19(23)9-14/h2-7,9,11-13,26H,8,10H2,1H3. The summed E-state index contributed by atoms with van der Waals surface area (Å²) in [6, 6.07) is 10.6. The maximum atomic E-state index is 13.3. The third kappa shape index (κ3) is 4.80. The van der Waals surface area contributed by atoms with Gasteiger partial charge in [-0.1, -0.05) is 18.2 Å². The predicted octanol–water partition coefficient (Wildman–Crippen LogP) is 3.82. The number of halogens is 2. The van der Waals surface area contributed by atoms with Crippen LogP contribution in [0.15, 0.2) is 54.9 Å². The van der Waals surface area contributed by atoms with Crippen LogP contribution in [-0.4, -0.2) is 20.9 Å². The Hall–Kier alpha value is -2.99. The van der Waals surface area contributed by atoms with E-state index < -0.39 is 17.7 Å². The molecule has 0 aliphatic carbocycles. The van der Waals surface area contributed by atoms with Gasteiger partial charge in [-0.05, 0) is 54.3 Å². The largest absolute Gasteiger partial charge is 0.389 e. The van der Waals surface area contributed by atoms with E-state index in [2.05, 4.69) is 9.97 Å². The molecule has 4 nitrogen and oxygen atoms in total. The van der Waals surface area contributed by atoms with Crippen LogP contribution in [0, 0.1) is 11.6 Å². The van der Waals surface area contributed by atoms with Crippen LogP contribution >= 0.6 is 0 Å². The van der Waals surface area contributed by atoms with Gasteiger partial charge < -0.3 is 5.11 Å². The van der Waals surface area contributed by atoms with Crippen molar-refractivity contribution in [2.24, 2.45) is 0 Å². The molecular formula is C21H18F2N2O2. The molecule has 1 unspecified atom stereocenters. The van der Waals surface area contributed by atoms with Crippen LogP contribution in [0.3, 0.4) is 0 Å². The molecule has 138 valence electrons. The summed E-state index contributed by atoms with van der Waals surface area (Å²) in [6.07, 6.45) is 2.99. The summed E-state index contributed by atoms with van der Waals surface area (Å²) in [5, 5.41) is 9.47. The molecular weight excluding hydrogens is 350 g/mol. The molecule has 6 heteroatoms. The Kier molecular flexibility index (Phi) is 5.66. The van der Waals surface area contributed by atoms with Crippen molar-refractivity contribution in [2.45, 2.75) is 25.9 Å². The highest BCUT2D eigenvalue weighted by atomic mass is 19.2. The van der Waals surface area contributed by atoms with Gasteiger partial charge in [0.15, 0.2) is 17.4 Å². The third-order valence-electron chi connectivity index (χ3n) is 4.17. The molecule has 0 saturated carbocycles. The van der Waals surface area contributed by atoms with E-state index in [0.717, 1.165) is 17.7 Å². The van der Waals surface area contributed by atoms with Gasteiger partial charge in [0, 0.05) is 18.1 Å². The van der Waals surface area contributed by atoms with Gasteiger partial charge in [-0.25, -0.2) is 8.78 Å². The summed E-state index contributed by atoms with van der Waals surface area (Å²) in [4.78, 5) is 20.6. The number of Topliss-reactive ketones (excluding diaryl/α,β-unsaturated/α-hetero) is 1. The Bertz CT molecular complexity index is 939. The van der Waals surface area contributed by atoms with Crippen molar-refractivity contribution in [3.05, 3.63) is 94.6 Å². The number of hydrogen-bond acceptors (Lipinski definition) is 4. The first-order chi connectivity index (χ1) is 12.9. The first-order valence-corrected chi connectivity index (χ1v) is 8.47. The molecule has 1 N–H and O–H groups in total. The second kappa shape index (κ2) is 8.14. The topological polar surface area (TPSA) is 63.1 Å². The van der Waals surface area contributed by atoms with E-state index in [1.165, 1.54) is 12.3 Å². The molecule has 0 amide bonds. The van der Waals surface area contributed by atoms with Gasteiger partial charge in [-0.2, -0.15) is 0 Å². The zero-order chi connectivity index (χ0) is 19.4. The normalized spacial score (nSPS) is 12.0. The van der Waals surface area contributed by atoms with E-state index in [1.54, 1.807) is 37.4 Å². The van der Waals surface area contributed by atoms with Crippen molar-refractivity contribution >= 4 is 5.78 Å². The van der Waals surface area contributed by atoms with Crippen LogP contribution in [0.1, 0.15) is 45.9 Å². The highest BCUT2D eigenvalue weighted by Gasteiger charge is 2.11. The smallest absolute Gasteiger partial charge is 0.187 e. The number of pyridine rings is 2. The van der Waals surface area contributed by atoms with Crippen LogP contribution < -0.4 is 0 Å². The van der Waals surface area contributed by atoms with Crippen LogP contribution in [0.4, 0.5) is 8.78 Å². The minimum Gasteiger partial charge on any atom is -0.389 e. The van der Waals surface area contributed by atoms with Crippen molar-refractivity contribution < 1.29 is 18.7 Å². The van der Waals surface area contributed by atoms with E-state index in [1.807, 2.05) is 0 Å². The summed E-state index contributed by atoms with van der Waals surface area (Å²) in [7, 11) is 0. The molecule has 0 fully saturated rings. The maximum absolute atomic E-state index is 13.3. The van der Waals surface area contributed by atoms with Gasteiger partial charge in [0.05, 0.1) is 12.5 Å². The number of ketones is 1. The SMILES string of the molecule is CC(O)c1ccc(C(=O)Cc2ccc(Cc3ccc(F)c(F)c3)cn2)nc1. The third-order valence-corrected chi connectivity index (χ3v) is 4.17. The second-order valence-electron chi connectivity index (χ2n) is 6.34. The van der Waals surface area contributed by atoms with Gasteiger partial charge in [-0.3, -0.25) is 14.8 Å². The Morgan fingerprint density at radius 3 is 2.37 bits per heavy atom. The fourth-order valence-electron chi connectivity index (χ4n) is 2.62. The van der Waals surface area contributed by atoms with Crippen molar-refractivity contribution in [2.75, 3.05) is 0 Å². The van der Waals surface area contributed by atoms with E-state index in [0.29, 0.717) is 28.9 Å². The molecule has 1 atom stereocenters. The number of carbonyl (C=O) groups is 1. The quantitative estimate of drug-likeness (QED) is 0.672. The van der Waals surface area contributed by atoms with Crippen LogP contribution in [-0.2, 0) is 12.8 Å². The molecule has 0 saturated heterocycles. The molecule has 27 heavy (non-hydrogen) atoms. The molecule has 3 aromatic rings. The lowest BCUT2D eigenvalue weighted by molar-refractivity contribution is 0.0987. The molecule has 0 aliphatic heterocycles. The zero-order valence-electron chi connectivity index (χ0n) is 14.7. The first-order valence-electron chi connectivity index (χ1n) is 8.47. The van der Waals surface area contributed by atoms with E-state index in [9.17, 15) is 18.7 Å².